The van der Waals surface area contributed by atoms with Crippen LogP contribution in [0.2, 0.25) is 0 Å². The second-order valence-corrected chi connectivity index (χ2v) is 5.13. The monoisotopic (exact) mass is 247 g/mol. The highest BCUT2D eigenvalue weighted by Gasteiger charge is 2.02. The van der Waals surface area contributed by atoms with Crippen LogP contribution in [0.15, 0.2) is 36.7 Å². The molecule has 0 atom stereocenters. The minimum absolute atomic E-state index is 0.517. The highest BCUT2D eigenvalue weighted by atomic mass is 15.1. The number of pyridine rings is 1. The van der Waals surface area contributed by atoms with Crippen molar-refractivity contribution < 1.29 is 0 Å². The zero-order chi connectivity index (χ0) is 13.4. The Bertz CT molecular complexity index is 346. The van der Waals surface area contributed by atoms with Crippen molar-refractivity contribution >= 4 is 0 Å². The maximum absolute atomic E-state index is 4.11. The molecule has 1 aromatic rings. The number of rotatable bonds is 8. The summed E-state index contributed by atoms with van der Waals surface area (Å²) in [6, 6.07) is 4.66. The number of likely N-dealkylation sites (N-methyl/N-ethyl adjacent to an activating group) is 1. The SMILES string of the molecule is C=C(CNC(C)C)CN(C)CCc1ccncc1. The van der Waals surface area contributed by atoms with E-state index in [0.717, 1.165) is 26.1 Å². The fraction of sp³-hybridized carbons (Fsp3) is 0.533. The van der Waals surface area contributed by atoms with Crippen LogP contribution in [0.1, 0.15) is 19.4 Å². The minimum Gasteiger partial charge on any atom is -0.311 e. The van der Waals surface area contributed by atoms with Crippen LogP contribution in [0.3, 0.4) is 0 Å². The second-order valence-electron chi connectivity index (χ2n) is 5.13. The Morgan fingerprint density at radius 2 is 2.06 bits per heavy atom. The van der Waals surface area contributed by atoms with Gasteiger partial charge in [-0.25, -0.2) is 0 Å². The van der Waals surface area contributed by atoms with Crippen LogP contribution in [-0.2, 0) is 6.42 Å². The average molecular weight is 247 g/mol. The molecule has 0 fully saturated rings. The molecule has 0 saturated carbocycles. The Balaban J connectivity index is 2.21. The Morgan fingerprint density at radius 3 is 2.67 bits per heavy atom. The van der Waals surface area contributed by atoms with Gasteiger partial charge in [0.1, 0.15) is 0 Å². The third-order valence-corrected chi connectivity index (χ3v) is 2.79. The molecule has 0 spiro atoms. The number of nitrogens with one attached hydrogen (secondary N) is 1. The molecule has 0 amide bonds. The van der Waals surface area contributed by atoms with E-state index in [4.69, 9.17) is 0 Å². The molecule has 1 aromatic heterocycles. The van der Waals surface area contributed by atoms with Gasteiger partial charge in [-0.2, -0.15) is 0 Å². The number of hydrogen-bond donors (Lipinski definition) is 1. The fourth-order valence-corrected chi connectivity index (χ4v) is 1.73. The van der Waals surface area contributed by atoms with Crippen LogP contribution in [0.5, 0.6) is 0 Å². The number of nitrogens with zero attached hydrogens (tertiary/aromatic N) is 2. The van der Waals surface area contributed by atoms with Crippen molar-refractivity contribution in [3.63, 3.8) is 0 Å². The number of hydrogen-bond acceptors (Lipinski definition) is 3. The topological polar surface area (TPSA) is 28.2 Å². The molecule has 0 radical (unpaired) electrons. The van der Waals surface area contributed by atoms with Crippen molar-refractivity contribution in [1.29, 1.82) is 0 Å². The van der Waals surface area contributed by atoms with E-state index >= 15 is 0 Å². The molecule has 0 aromatic carbocycles. The van der Waals surface area contributed by atoms with Crippen LogP contribution >= 0.6 is 0 Å². The van der Waals surface area contributed by atoms with Gasteiger partial charge in [0.25, 0.3) is 0 Å². The highest BCUT2D eigenvalue weighted by molar-refractivity contribution is 5.10. The molecule has 3 nitrogen and oxygen atoms in total. The lowest BCUT2D eigenvalue weighted by molar-refractivity contribution is 0.362. The maximum Gasteiger partial charge on any atom is 0.0270 e. The first-order valence-electron chi connectivity index (χ1n) is 6.55. The van der Waals surface area contributed by atoms with Gasteiger partial charge in [-0.15, -0.1) is 0 Å². The summed E-state index contributed by atoms with van der Waals surface area (Å²) in [6.07, 6.45) is 4.76. The molecule has 0 aliphatic rings. The molecular weight excluding hydrogens is 222 g/mol. The second kappa shape index (κ2) is 8.01. The van der Waals surface area contributed by atoms with Gasteiger partial charge in [0, 0.05) is 38.1 Å². The number of aromatic nitrogens is 1. The third-order valence-electron chi connectivity index (χ3n) is 2.79. The van der Waals surface area contributed by atoms with Gasteiger partial charge in [-0.1, -0.05) is 20.4 Å². The van der Waals surface area contributed by atoms with Gasteiger partial charge >= 0.3 is 0 Å². The summed E-state index contributed by atoms with van der Waals surface area (Å²) < 4.78 is 0. The van der Waals surface area contributed by atoms with Gasteiger partial charge < -0.3 is 10.2 Å². The first-order chi connectivity index (χ1) is 8.58. The largest absolute Gasteiger partial charge is 0.311 e. The molecule has 0 aliphatic carbocycles. The molecule has 0 saturated heterocycles. The van der Waals surface area contributed by atoms with E-state index in [1.165, 1.54) is 11.1 Å². The molecule has 3 heteroatoms. The summed E-state index contributed by atoms with van der Waals surface area (Å²) in [4.78, 5) is 6.34. The van der Waals surface area contributed by atoms with E-state index < -0.39 is 0 Å². The zero-order valence-electron chi connectivity index (χ0n) is 11.8. The van der Waals surface area contributed by atoms with Crippen LogP contribution in [0.4, 0.5) is 0 Å². The predicted octanol–water partition coefficient (Wildman–Crippen LogP) is 2.11. The maximum atomic E-state index is 4.11. The van der Waals surface area contributed by atoms with E-state index in [2.05, 4.69) is 54.8 Å². The Hall–Kier alpha value is -1.19. The molecule has 1 rings (SSSR count). The molecular formula is C15H25N3. The summed E-state index contributed by atoms with van der Waals surface area (Å²) in [5, 5.41) is 3.39. The molecule has 0 unspecified atom stereocenters. The molecule has 0 bridgehead atoms. The molecule has 100 valence electrons. The van der Waals surface area contributed by atoms with Crippen molar-refractivity contribution in [3.05, 3.63) is 42.2 Å². The molecule has 18 heavy (non-hydrogen) atoms. The van der Waals surface area contributed by atoms with E-state index in [1.54, 1.807) is 0 Å². The van der Waals surface area contributed by atoms with Gasteiger partial charge in [-0.05, 0) is 36.7 Å². The first kappa shape index (κ1) is 14.9. The average Bonchev–Trinajstić information content (AvgIpc) is 2.35. The lowest BCUT2D eigenvalue weighted by atomic mass is 10.2. The zero-order valence-corrected chi connectivity index (χ0v) is 11.8. The Labute approximate surface area is 111 Å². The summed E-state index contributed by atoms with van der Waals surface area (Å²) in [7, 11) is 2.14. The van der Waals surface area contributed by atoms with Crippen molar-refractivity contribution in [2.75, 3.05) is 26.7 Å². The van der Waals surface area contributed by atoms with Gasteiger partial charge in [0.05, 0.1) is 0 Å². The Morgan fingerprint density at radius 1 is 1.39 bits per heavy atom. The summed E-state index contributed by atoms with van der Waals surface area (Å²) in [5.41, 5.74) is 2.57. The van der Waals surface area contributed by atoms with E-state index in [1.807, 2.05) is 12.4 Å². The van der Waals surface area contributed by atoms with Crippen molar-refractivity contribution in [1.82, 2.24) is 15.2 Å². The van der Waals surface area contributed by atoms with Gasteiger partial charge in [0.2, 0.25) is 0 Å². The highest BCUT2D eigenvalue weighted by Crippen LogP contribution is 2.00. The smallest absolute Gasteiger partial charge is 0.0270 e. The minimum atomic E-state index is 0.517. The molecule has 1 N–H and O–H groups in total. The normalized spacial score (nSPS) is 11.2. The van der Waals surface area contributed by atoms with Crippen LogP contribution in [0, 0.1) is 0 Å². The Kier molecular flexibility index (Phi) is 6.61. The molecule has 0 aliphatic heterocycles. The predicted molar refractivity (Wildman–Crippen MR) is 77.7 cm³/mol. The van der Waals surface area contributed by atoms with Crippen LogP contribution < -0.4 is 5.32 Å². The van der Waals surface area contributed by atoms with E-state index in [0.29, 0.717) is 6.04 Å². The standard InChI is InChI=1S/C15H25N3/c1-13(2)17-11-14(3)12-18(4)10-7-15-5-8-16-9-6-15/h5-6,8-9,13,17H,3,7,10-12H2,1-2,4H3. The summed E-state index contributed by atoms with van der Waals surface area (Å²) in [6.45, 7) is 11.3. The van der Waals surface area contributed by atoms with E-state index in [-0.39, 0.29) is 0 Å². The summed E-state index contributed by atoms with van der Waals surface area (Å²) >= 11 is 0. The lowest BCUT2D eigenvalue weighted by Crippen LogP contribution is -2.30. The van der Waals surface area contributed by atoms with Crippen molar-refractivity contribution in [2.45, 2.75) is 26.3 Å². The van der Waals surface area contributed by atoms with Crippen molar-refractivity contribution in [2.24, 2.45) is 0 Å². The van der Waals surface area contributed by atoms with E-state index in [9.17, 15) is 0 Å². The third kappa shape index (κ3) is 6.52. The lowest BCUT2D eigenvalue weighted by Gasteiger charge is -2.19. The van der Waals surface area contributed by atoms with Gasteiger partial charge in [-0.3, -0.25) is 4.98 Å². The quantitative estimate of drug-likeness (QED) is 0.713. The van der Waals surface area contributed by atoms with Crippen LogP contribution in [0.25, 0.3) is 0 Å². The molecule has 1 heterocycles. The first-order valence-corrected chi connectivity index (χ1v) is 6.55. The summed E-state index contributed by atoms with van der Waals surface area (Å²) in [5.74, 6) is 0. The van der Waals surface area contributed by atoms with Crippen LogP contribution in [-0.4, -0.2) is 42.6 Å². The van der Waals surface area contributed by atoms with Gasteiger partial charge in [0.15, 0.2) is 0 Å². The van der Waals surface area contributed by atoms with Crippen molar-refractivity contribution in [3.8, 4) is 0 Å². The fourth-order valence-electron chi connectivity index (χ4n) is 1.73.